The van der Waals surface area contributed by atoms with Crippen LogP contribution in [0.25, 0.3) is 6.08 Å². The predicted octanol–water partition coefficient (Wildman–Crippen LogP) is 2.25. The van der Waals surface area contributed by atoms with Crippen LogP contribution in [0, 0.1) is 0 Å². The van der Waals surface area contributed by atoms with Gasteiger partial charge in [0.15, 0.2) is 0 Å². The summed E-state index contributed by atoms with van der Waals surface area (Å²) in [5.74, 6) is -0.975. The lowest BCUT2D eigenvalue weighted by Crippen LogP contribution is -2.40. The molecule has 0 amide bonds. The van der Waals surface area contributed by atoms with Gasteiger partial charge in [-0.25, -0.2) is 18.0 Å². The highest BCUT2D eigenvalue weighted by molar-refractivity contribution is 7.89. The lowest BCUT2D eigenvalue weighted by molar-refractivity contribution is -0.138. The fourth-order valence-electron chi connectivity index (χ4n) is 2.91. The number of sulfonamides is 1. The Bertz CT molecular complexity index is 1040. The largest absolute Gasteiger partial charge is 0.465 e. The molecule has 1 aliphatic rings. The van der Waals surface area contributed by atoms with Gasteiger partial charge in [0.2, 0.25) is 10.0 Å². The van der Waals surface area contributed by atoms with E-state index in [4.69, 9.17) is 9.47 Å². The summed E-state index contributed by atoms with van der Waals surface area (Å²) in [4.78, 5) is 23.6. The summed E-state index contributed by atoms with van der Waals surface area (Å²) in [6.45, 7) is 1.50. The van der Waals surface area contributed by atoms with Crippen LogP contribution < -0.4 is 0 Å². The summed E-state index contributed by atoms with van der Waals surface area (Å²) in [6, 6.07) is 12.8. The van der Waals surface area contributed by atoms with E-state index in [0.717, 1.165) is 5.56 Å². The average Bonchev–Trinajstić information content (AvgIpc) is 2.82. The number of hydrogen-bond acceptors (Lipinski definition) is 7. The smallest absolute Gasteiger partial charge is 0.337 e. The Hall–Kier alpha value is -3.01. The number of hydrogen-bond donors (Lipinski definition) is 0. The molecule has 1 fully saturated rings. The van der Waals surface area contributed by atoms with Crippen molar-refractivity contribution in [3.05, 3.63) is 71.3 Å². The number of rotatable bonds is 7. The van der Waals surface area contributed by atoms with E-state index in [1.165, 1.54) is 29.6 Å². The summed E-state index contributed by atoms with van der Waals surface area (Å²) in [7, 11) is -2.24. The number of methoxy groups -OCH3 is 1. The Morgan fingerprint density at radius 2 is 1.68 bits per heavy atom. The van der Waals surface area contributed by atoms with Gasteiger partial charge in [-0.1, -0.05) is 24.3 Å². The van der Waals surface area contributed by atoms with Crippen molar-refractivity contribution in [2.45, 2.75) is 11.5 Å². The van der Waals surface area contributed by atoms with Crippen LogP contribution >= 0.6 is 0 Å². The van der Waals surface area contributed by atoms with Crippen LogP contribution in [0.2, 0.25) is 0 Å². The molecule has 2 aromatic rings. The van der Waals surface area contributed by atoms with Gasteiger partial charge < -0.3 is 14.2 Å². The van der Waals surface area contributed by atoms with Crippen LogP contribution in [0.5, 0.6) is 0 Å². The molecule has 0 N–H and O–H groups in total. The molecule has 0 spiro atoms. The van der Waals surface area contributed by atoms with Crippen molar-refractivity contribution < 1.29 is 32.2 Å². The van der Waals surface area contributed by atoms with Crippen LogP contribution in [-0.4, -0.2) is 58.1 Å². The van der Waals surface area contributed by atoms with Crippen LogP contribution in [0.4, 0.5) is 0 Å². The Balaban J connectivity index is 1.54. The zero-order chi connectivity index (χ0) is 22.3. The first-order chi connectivity index (χ1) is 14.9. The molecule has 9 heteroatoms. The van der Waals surface area contributed by atoms with Crippen molar-refractivity contribution >= 4 is 28.0 Å². The number of carbonyl (C=O) groups is 2. The third-order valence-electron chi connectivity index (χ3n) is 4.66. The van der Waals surface area contributed by atoms with Gasteiger partial charge in [0.25, 0.3) is 0 Å². The van der Waals surface area contributed by atoms with Gasteiger partial charge in [0, 0.05) is 19.2 Å². The third kappa shape index (κ3) is 6.00. The molecular weight excluding hydrogens is 422 g/mol. The average molecular weight is 445 g/mol. The SMILES string of the molecule is COC(=O)c1ccc(COC(=O)/C=C/c2ccc(S(=O)(=O)N3CCOCC3)cc2)cc1. The quantitative estimate of drug-likeness (QED) is 0.476. The van der Waals surface area contributed by atoms with Crippen LogP contribution in [0.15, 0.2) is 59.5 Å². The van der Waals surface area contributed by atoms with Crippen LogP contribution in [0.3, 0.4) is 0 Å². The Labute approximate surface area is 181 Å². The minimum atomic E-state index is -3.55. The highest BCUT2D eigenvalue weighted by Gasteiger charge is 2.25. The lowest BCUT2D eigenvalue weighted by Gasteiger charge is -2.26. The van der Waals surface area contributed by atoms with Crippen molar-refractivity contribution in [1.82, 2.24) is 4.31 Å². The van der Waals surface area contributed by atoms with E-state index in [1.54, 1.807) is 42.5 Å². The Morgan fingerprint density at radius 3 is 2.29 bits per heavy atom. The molecule has 1 aliphatic heterocycles. The number of esters is 2. The Kier molecular flexibility index (Phi) is 7.56. The second kappa shape index (κ2) is 10.3. The van der Waals surface area contributed by atoms with Gasteiger partial charge in [0.1, 0.15) is 6.61 Å². The van der Waals surface area contributed by atoms with Gasteiger partial charge in [-0.15, -0.1) is 0 Å². The number of benzene rings is 2. The standard InChI is InChI=1S/C22H23NO7S/c1-28-22(25)19-7-2-18(3-8-19)16-30-21(24)11-6-17-4-9-20(10-5-17)31(26,27)23-12-14-29-15-13-23/h2-11H,12-16H2,1H3/b11-6+. The molecule has 0 aromatic heterocycles. The molecule has 164 valence electrons. The minimum Gasteiger partial charge on any atom is -0.465 e. The van der Waals surface area contributed by atoms with E-state index < -0.39 is 22.0 Å². The van der Waals surface area contributed by atoms with Gasteiger partial charge in [-0.2, -0.15) is 4.31 Å². The highest BCUT2D eigenvalue weighted by atomic mass is 32.2. The molecule has 0 radical (unpaired) electrons. The first-order valence-electron chi connectivity index (χ1n) is 9.60. The maximum atomic E-state index is 12.6. The molecule has 0 aliphatic carbocycles. The lowest BCUT2D eigenvalue weighted by atomic mass is 10.1. The molecular formula is C22H23NO7S. The normalized spacial score (nSPS) is 15.0. The van der Waals surface area contributed by atoms with E-state index in [2.05, 4.69) is 4.74 Å². The molecule has 31 heavy (non-hydrogen) atoms. The summed E-state index contributed by atoms with van der Waals surface area (Å²) in [5, 5.41) is 0. The number of ether oxygens (including phenoxy) is 3. The predicted molar refractivity (Wildman–Crippen MR) is 113 cm³/mol. The van der Waals surface area contributed by atoms with Gasteiger partial charge in [-0.05, 0) is 41.5 Å². The summed E-state index contributed by atoms with van der Waals surface area (Å²) >= 11 is 0. The number of carbonyl (C=O) groups excluding carboxylic acids is 2. The Morgan fingerprint density at radius 1 is 1.03 bits per heavy atom. The van der Waals surface area contributed by atoms with Crippen molar-refractivity contribution in [2.75, 3.05) is 33.4 Å². The van der Waals surface area contributed by atoms with Crippen molar-refractivity contribution in [1.29, 1.82) is 0 Å². The van der Waals surface area contributed by atoms with Gasteiger partial charge in [-0.3, -0.25) is 0 Å². The molecule has 1 saturated heterocycles. The molecule has 0 atom stereocenters. The second-order valence-electron chi connectivity index (χ2n) is 6.72. The molecule has 8 nitrogen and oxygen atoms in total. The van der Waals surface area contributed by atoms with E-state index >= 15 is 0 Å². The van der Waals surface area contributed by atoms with E-state index in [0.29, 0.717) is 37.4 Å². The van der Waals surface area contributed by atoms with Crippen LogP contribution in [-0.2, 0) is 35.6 Å². The molecule has 1 heterocycles. The fourth-order valence-corrected chi connectivity index (χ4v) is 4.32. The summed E-state index contributed by atoms with van der Waals surface area (Å²) < 4.78 is 41.6. The zero-order valence-electron chi connectivity index (χ0n) is 17.0. The monoisotopic (exact) mass is 445 g/mol. The van der Waals surface area contributed by atoms with E-state index in [-0.39, 0.29) is 11.5 Å². The first-order valence-corrected chi connectivity index (χ1v) is 11.0. The maximum Gasteiger partial charge on any atom is 0.337 e. The molecule has 2 aromatic carbocycles. The molecule has 0 bridgehead atoms. The number of morpholine rings is 1. The zero-order valence-corrected chi connectivity index (χ0v) is 17.8. The second-order valence-corrected chi connectivity index (χ2v) is 8.65. The van der Waals surface area contributed by atoms with Crippen molar-refractivity contribution in [2.24, 2.45) is 0 Å². The van der Waals surface area contributed by atoms with Crippen LogP contribution in [0.1, 0.15) is 21.5 Å². The maximum absolute atomic E-state index is 12.6. The summed E-state index contributed by atoms with van der Waals surface area (Å²) in [5.41, 5.74) is 1.81. The highest BCUT2D eigenvalue weighted by Crippen LogP contribution is 2.18. The number of nitrogens with zero attached hydrogens (tertiary/aromatic N) is 1. The van der Waals surface area contributed by atoms with E-state index in [9.17, 15) is 18.0 Å². The van der Waals surface area contributed by atoms with Gasteiger partial charge >= 0.3 is 11.9 Å². The molecule has 3 rings (SSSR count). The summed E-state index contributed by atoms with van der Waals surface area (Å²) in [6.07, 6.45) is 2.82. The van der Waals surface area contributed by atoms with Gasteiger partial charge in [0.05, 0.1) is 30.8 Å². The third-order valence-corrected chi connectivity index (χ3v) is 6.57. The molecule has 0 saturated carbocycles. The van der Waals surface area contributed by atoms with Crippen molar-refractivity contribution in [3.8, 4) is 0 Å². The molecule has 0 unspecified atom stereocenters. The topological polar surface area (TPSA) is 99.2 Å². The van der Waals surface area contributed by atoms with E-state index in [1.807, 2.05) is 0 Å². The first kappa shape index (κ1) is 22.7. The van der Waals surface area contributed by atoms with Crippen molar-refractivity contribution in [3.63, 3.8) is 0 Å². The minimum absolute atomic E-state index is 0.0569. The fraction of sp³-hybridized carbons (Fsp3) is 0.273.